The minimum atomic E-state index is -1.23. The number of anilines is 2. The van der Waals surface area contributed by atoms with E-state index < -0.39 is 16.5 Å². The zero-order valence-electron chi connectivity index (χ0n) is 36.7. The third-order valence-electron chi connectivity index (χ3n) is 13.4. The van der Waals surface area contributed by atoms with Gasteiger partial charge < -0.3 is 49.7 Å². The highest BCUT2D eigenvalue weighted by Crippen LogP contribution is 2.47. The molecular formula is C54H58N4O6. The van der Waals surface area contributed by atoms with Gasteiger partial charge in [0.25, 0.3) is 0 Å². The fourth-order valence-corrected chi connectivity index (χ4v) is 9.13. The molecule has 0 bridgehead atoms. The molecule has 4 aliphatic heterocycles. The summed E-state index contributed by atoms with van der Waals surface area (Å²) >= 11 is 0. The van der Waals surface area contributed by atoms with Gasteiger partial charge in [0.1, 0.15) is 23.0 Å². The Bertz CT molecular complexity index is 2260. The van der Waals surface area contributed by atoms with E-state index >= 15 is 0 Å². The van der Waals surface area contributed by atoms with E-state index in [1.54, 1.807) is 0 Å². The second kappa shape index (κ2) is 17.7. The summed E-state index contributed by atoms with van der Waals surface area (Å²) in [7, 11) is 0. The van der Waals surface area contributed by atoms with Crippen LogP contribution in [0.4, 0.5) is 11.4 Å². The zero-order chi connectivity index (χ0) is 43.7. The van der Waals surface area contributed by atoms with Gasteiger partial charge in [-0.05, 0) is 108 Å². The van der Waals surface area contributed by atoms with E-state index in [1.165, 1.54) is 0 Å². The Morgan fingerprint density at radius 3 is 1.03 bits per heavy atom. The van der Waals surface area contributed by atoms with Crippen LogP contribution in [0.3, 0.4) is 0 Å². The van der Waals surface area contributed by atoms with Crippen LogP contribution in [-0.2, 0) is 29.8 Å². The van der Waals surface area contributed by atoms with Crippen LogP contribution in [0.5, 0.6) is 23.0 Å². The molecule has 4 heterocycles. The quantitative estimate of drug-likeness (QED) is 0.0536. The Balaban J connectivity index is 0.918. The summed E-state index contributed by atoms with van der Waals surface area (Å²) in [5, 5.41) is 0. The fourth-order valence-electron chi connectivity index (χ4n) is 9.13. The molecule has 0 aromatic heterocycles. The highest BCUT2D eigenvalue weighted by atomic mass is 16.6. The Hall–Kier alpha value is -5.72. The minimum Gasteiger partial charge on any atom is -0.457 e. The van der Waals surface area contributed by atoms with Gasteiger partial charge in [-0.2, -0.15) is 0 Å². The zero-order valence-corrected chi connectivity index (χ0v) is 36.7. The number of rotatable bonds is 21. The molecule has 10 nitrogen and oxygen atoms in total. The van der Waals surface area contributed by atoms with E-state index in [1.807, 2.05) is 60.7 Å². The van der Waals surface area contributed by atoms with Gasteiger partial charge in [0.15, 0.2) is 0 Å². The molecule has 330 valence electrons. The molecule has 0 radical (unpaired) electrons. The van der Waals surface area contributed by atoms with Gasteiger partial charge >= 0.3 is 0 Å². The van der Waals surface area contributed by atoms with Crippen molar-refractivity contribution >= 4 is 11.4 Å². The Kier molecular flexibility index (Phi) is 11.7. The minimum absolute atomic E-state index is 0.292. The van der Waals surface area contributed by atoms with E-state index in [2.05, 4.69) is 121 Å². The summed E-state index contributed by atoms with van der Waals surface area (Å²) in [6, 6.07) is 53.9. The lowest BCUT2D eigenvalue weighted by Gasteiger charge is -2.49. The first kappa shape index (κ1) is 42.2. The van der Waals surface area contributed by atoms with Crippen LogP contribution in [-0.4, -0.2) is 82.7 Å². The molecule has 10 rings (SSSR count). The van der Waals surface area contributed by atoms with Gasteiger partial charge in [-0.15, -0.1) is 0 Å². The maximum Gasteiger partial charge on any atom is 0.127 e. The average molecular weight is 859 g/mol. The van der Waals surface area contributed by atoms with E-state index in [4.69, 9.17) is 39.9 Å². The van der Waals surface area contributed by atoms with E-state index in [-0.39, 0.29) is 0 Å². The summed E-state index contributed by atoms with van der Waals surface area (Å²) in [6.45, 7) is 11.1. The fraction of sp³-hybridized carbons (Fsp3) is 0.333. The molecule has 4 saturated heterocycles. The first-order valence-electron chi connectivity index (χ1n) is 22.5. The van der Waals surface area contributed by atoms with Crippen LogP contribution in [0.15, 0.2) is 158 Å². The molecule has 64 heavy (non-hydrogen) atoms. The van der Waals surface area contributed by atoms with Crippen molar-refractivity contribution in [1.82, 2.24) is 0 Å². The highest BCUT2D eigenvalue weighted by Gasteiger charge is 2.49. The predicted molar refractivity (Wildman–Crippen MR) is 251 cm³/mol. The largest absolute Gasteiger partial charge is 0.457 e. The van der Waals surface area contributed by atoms with Gasteiger partial charge in [-0.3, -0.25) is 0 Å². The van der Waals surface area contributed by atoms with Gasteiger partial charge in [0, 0.05) is 48.4 Å². The molecule has 0 saturated carbocycles. The second-order valence-corrected chi connectivity index (χ2v) is 18.3. The van der Waals surface area contributed by atoms with Crippen LogP contribution in [0.25, 0.3) is 0 Å². The molecular weight excluding hydrogens is 801 g/mol. The topological polar surface area (TPSA) is 127 Å². The average Bonchev–Trinajstić information content (AvgIpc) is 4.09. The molecule has 4 aliphatic rings. The van der Waals surface area contributed by atoms with Crippen molar-refractivity contribution in [2.75, 3.05) is 62.4 Å². The van der Waals surface area contributed by atoms with Crippen molar-refractivity contribution in [3.8, 4) is 23.0 Å². The monoisotopic (exact) mass is 858 g/mol. The van der Waals surface area contributed by atoms with Gasteiger partial charge in [0.05, 0.1) is 56.5 Å². The first-order valence-corrected chi connectivity index (χ1v) is 22.5. The maximum atomic E-state index is 7.56. The number of epoxide rings is 4. The first-order chi connectivity index (χ1) is 31.1. The summed E-state index contributed by atoms with van der Waals surface area (Å²) in [5.41, 5.74) is 19.0. The van der Waals surface area contributed by atoms with Gasteiger partial charge in [-0.1, -0.05) is 91.9 Å². The van der Waals surface area contributed by atoms with E-state index in [9.17, 15) is 0 Å². The molecule has 0 amide bonds. The van der Waals surface area contributed by atoms with E-state index in [0.717, 1.165) is 109 Å². The smallest absolute Gasteiger partial charge is 0.127 e. The van der Waals surface area contributed by atoms with Gasteiger partial charge in [0.2, 0.25) is 0 Å². The van der Waals surface area contributed by atoms with Crippen molar-refractivity contribution in [3.63, 3.8) is 0 Å². The van der Waals surface area contributed by atoms with Crippen molar-refractivity contribution in [3.05, 3.63) is 180 Å². The molecule has 4 fully saturated rings. The van der Waals surface area contributed by atoms with Crippen LogP contribution in [0, 0.1) is 0 Å². The third-order valence-corrected chi connectivity index (χ3v) is 13.4. The number of ether oxygens (including phenoxy) is 6. The molecule has 0 spiro atoms. The number of hydrogen-bond acceptors (Lipinski definition) is 10. The number of nitrogens with zero attached hydrogens (tertiary/aromatic N) is 2. The lowest BCUT2D eigenvalue weighted by Crippen LogP contribution is -2.66. The van der Waals surface area contributed by atoms with Crippen LogP contribution >= 0.6 is 0 Å². The Morgan fingerprint density at radius 1 is 0.438 bits per heavy atom. The second-order valence-electron chi connectivity index (χ2n) is 18.3. The third kappa shape index (κ3) is 9.68. The number of benzene rings is 6. The van der Waals surface area contributed by atoms with Crippen LogP contribution < -0.4 is 30.7 Å². The summed E-state index contributed by atoms with van der Waals surface area (Å²) in [4.78, 5) is 4.68. The molecule has 4 N–H and O–H groups in total. The summed E-state index contributed by atoms with van der Waals surface area (Å²) < 4.78 is 35.0. The van der Waals surface area contributed by atoms with Crippen molar-refractivity contribution < 1.29 is 28.4 Å². The Morgan fingerprint density at radius 2 is 0.734 bits per heavy atom. The molecule has 4 unspecified atom stereocenters. The van der Waals surface area contributed by atoms with Crippen LogP contribution in [0.2, 0.25) is 0 Å². The summed E-state index contributed by atoms with van der Waals surface area (Å²) in [5.74, 6) is 2.99. The predicted octanol–water partition coefficient (Wildman–Crippen LogP) is 8.80. The number of nitrogens with two attached hydrogens (primary N) is 2. The lowest BCUT2D eigenvalue weighted by atomic mass is 9.60. The molecule has 4 atom stereocenters. The molecule has 6 aromatic rings. The van der Waals surface area contributed by atoms with Gasteiger partial charge in [-0.25, -0.2) is 0 Å². The highest BCUT2D eigenvalue weighted by molar-refractivity contribution is 5.53. The Labute approximate surface area is 376 Å². The van der Waals surface area contributed by atoms with Crippen LogP contribution in [0.1, 0.15) is 42.5 Å². The van der Waals surface area contributed by atoms with Crippen molar-refractivity contribution in [2.24, 2.45) is 11.5 Å². The normalized spacial score (nSPS) is 20.8. The maximum absolute atomic E-state index is 7.56. The van der Waals surface area contributed by atoms with Crippen molar-refractivity contribution in [2.45, 2.75) is 61.2 Å². The number of hydrogen-bond donors (Lipinski definition) is 2. The van der Waals surface area contributed by atoms with E-state index in [0.29, 0.717) is 30.8 Å². The molecule has 6 aromatic carbocycles. The standard InChI is InChI=1S/C54H58N4O6/c1-52(37-54(55,56)53(2,40-9-5-3-6-10-40)41-11-7-4-8-12-41,38-13-21-44(22-14-38)63-46-25-17-42(18-26-46)57(29-48-33-59-48)30-49-34-60-49)39-15-23-45(24-16-39)64-47-27-19-43(20-28-47)58(31-50-35-61-50)32-51-36-62-51/h3-28,48-51H,29-37,55-56H2,1-2H3. The molecule has 10 heteroatoms. The SMILES string of the molecule is CC(CC(N)(N)C(C)(c1ccccc1)c1ccccc1)(c1ccc(Oc2ccc(N(CC3CO3)CC3CO3)cc2)cc1)c1ccc(Oc2ccc(N(CC3CO3)CC3CO3)cc2)cc1. The van der Waals surface area contributed by atoms with Crippen molar-refractivity contribution in [1.29, 1.82) is 0 Å². The summed E-state index contributed by atoms with van der Waals surface area (Å²) in [6.07, 6.45) is 1.58. The molecule has 0 aliphatic carbocycles. The lowest BCUT2D eigenvalue weighted by molar-refractivity contribution is 0.227.